The van der Waals surface area contributed by atoms with E-state index < -0.39 is 12.1 Å². The Bertz CT molecular complexity index is 1090. The number of fused-ring (bicyclic) bond motifs is 4. The molecule has 2 aromatic carbocycles. The molecule has 35 heavy (non-hydrogen) atoms. The van der Waals surface area contributed by atoms with E-state index in [-0.39, 0.29) is 54.6 Å². The monoisotopic (exact) mass is 476 g/mol. The fourth-order valence-electron chi connectivity index (χ4n) is 6.03. The number of likely N-dealkylation sites (tertiary alicyclic amines) is 1. The van der Waals surface area contributed by atoms with E-state index in [1.165, 1.54) is 11.1 Å². The Morgan fingerprint density at radius 1 is 1.00 bits per heavy atom. The molecule has 5 rings (SSSR count). The van der Waals surface area contributed by atoms with E-state index in [9.17, 15) is 19.5 Å². The molecule has 1 saturated carbocycles. The van der Waals surface area contributed by atoms with E-state index in [0.717, 1.165) is 11.1 Å². The van der Waals surface area contributed by atoms with Gasteiger partial charge in [-0.1, -0.05) is 62.4 Å². The lowest BCUT2D eigenvalue weighted by atomic mass is 9.95. The largest absolute Gasteiger partial charge is 0.481 e. The van der Waals surface area contributed by atoms with Crippen LogP contribution in [0.15, 0.2) is 48.5 Å². The van der Waals surface area contributed by atoms with Gasteiger partial charge in [-0.3, -0.25) is 9.59 Å². The van der Waals surface area contributed by atoms with E-state index in [2.05, 4.69) is 43.4 Å². The van der Waals surface area contributed by atoms with Crippen molar-refractivity contribution in [3.8, 4) is 11.1 Å². The number of nitrogens with one attached hydrogen (secondary N) is 1. The highest BCUT2D eigenvalue weighted by Crippen LogP contribution is 2.52. The van der Waals surface area contributed by atoms with Crippen LogP contribution in [0.1, 0.15) is 37.3 Å². The van der Waals surface area contributed by atoms with Gasteiger partial charge >= 0.3 is 12.1 Å². The second-order valence-electron chi connectivity index (χ2n) is 10.5. The van der Waals surface area contributed by atoms with E-state index in [4.69, 9.17) is 4.74 Å². The molecule has 4 atom stereocenters. The standard InChI is InChI=1S/C28H32N2O5/c1-16(2)11-17(26(31)30-13-22-23(14-30)25(22)27(32)33)12-29-28(34)35-15-24-20-9-5-3-7-18(20)19-8-4-6-10-21(19)24/h3-10,16-17,22-25H,11-15H2,1-2H3,(H,29,34)(H,32,33)/t17?,22-,23+,25?. The maximum atomic E-state index is 13.2. The average Bonchev–Trinajstić information content (AvgIpc) is 3.19. The molecule has 2 amide bonds. The van der Waals surface area contributed by atoms with Crippen LogP contribution in [-0.4, -0.2) is 54.2 Å². The van der Waals surface area contributed by atoms with Crippen molar-refractivity contribution in [2.75, 3.05) is 26.2 Å². The number of hydrogen-bond donors (Lipinski definition) is 2. The molecule has 1 heterocycles. The SMILES string of the molecule is CC(C)CC(CNC(=O)OCC1c2ccccc2-c2ccccc21)C(=O)N1C[C@@H]2C(C(=O)O)[C@@H]2C1. The number of amides is 2. The van der Waals surface area contributed by atoms with Crippen molar-refractivity contribution in [2.24, 2.45) is 29.6 Å². The zero-order valence-corrected chi connectivity index (χ0v) is 20.1. The van der Waals surface area contributed by atoms with Gasteiger partial charge in [0.25, 0.3) is 0 Å². The summed E-state index contributed by atoms with van der Waals surface area (Å²) in [5, 5.41) is 12.0. The summed E-state index contributed by atoms with van der Waals surface area (Å²) in [4.78, 5) is 38.8. The molecule has 7 nitrogen and oxygen atoms in total. The Kier molecular flexibility index (Phi) is 6.26. The van der Waals surface area contributed by atoms with Gasteiger partial charge in [0.15, 0.2) is 0 Å². The normalized spacial score (nSPS) is 22.8. The fraction of sp³-hybridized carbons (Fsp3) is 0.464. The summed E-state index contributed by atoms with van der Waals surface area (Å²) in [7, 11) is 0. The third-order valence-corrected chi connectivity index (χ3v) is 7.73. The maximum Gasteiger partial charge on any atom is 0.407 e. The second kappa shape index (κ2) is 9.36. The number of carboxylic acids is 1. The zero-order chi connectivity index (χ0) is 24.7. The van der Waals surface area contributed by atoms with Crippen LogP contribution < -0.4 is 5.32 Å². The number of aliphatic carboxylic acids is 1. The van der Waals surface area contributed by atoms with Gasteiger partial charge in [0.1, 0.15) is 6.61 Å². The minimum absolute atomic E-state index is 0.00557. The molecule has 2 fully saturated rings. The molecule has 1 saturated heterocycles. The lowest BCUT2D eigenvalue weighted by Crippen LogP contribution is -2.42. The number of alkyl carbamates (subject to hydrolysis) is 1. The Morgan fingerprint density at radius 3 is 2.11 bits per heavy atom. The predicted molar refractivity (Wildman–Crippen MR) is 131 cm³/mol. The minimum atomic E-state index is -0.761. The molecule has 1 aliphatic heterocycles. The lowest BCUT2D eigenvalue weighted by Gasteiger charge is -2.26. The molecule has 2 unspecified atom stereocenters. The summed E-state index contributed by atoms with van der Waals surface area (Å²) in [5.41, 5.74) is 4.66. The van der Waals surface area contributed by atoms with Crippen LogP contribution in [0.5, 0.6) is 0 Å². The average molecular weight is 477 g/mol. The topological polar surface area (TPSA) is 95.9 Å². The van der Waals surface area contributed by atoms with Crippen molar-refractivity contribution >= 4 is 18.0 Å². The molecule has 2 N–H and O–H groups in total. The summed E-state index contributed by atoms with van der Waals surface area (Å²) in [6, 6.07) is 16.4. The molecule has 7 heteroatoms. The molecule has 2 aliphatic carbocycles. The second-order valence-corrected chi connectivity index (χ2v) is 10.5. The number of carbonyl (C=O) groups excluding carboxylic acids is 2. The number of piperidine rings is 1. The fourth-order valence-corrected chi connectivity index (χ4v) is 6.03. The van der Waals surface area contributed by atoms with Gasteiger partial charge in [-0.2, -0.15) is 0 Å². The number of carbonyl (C=O) groups is 3. The number of hydrogen-bond acceptors (Lipinski definition) is 4. The van der Waals surface area contributed by atoms with Gasteiger partial charge in [0, 0.05) is 25.6 Å². The number of carboxylic acid groups (broad SMARTS) is 1. The smallest absolute Gasteiger partial charge is 0.407 e. The minimum Gasteiger partial charge on any atom is -0.481 e. The molecule has 0 spiro atoms. The first-order valence-electron chi connectivity index (χ1n) is 12.5. The first kappa shape index (κ1) is 23.4. The Balaban J connectivity index is 1.17. The van der Waals surface area contributed by atoms with Crippen molar-refractivity contribution in [2.45, 2.75) is 26.2 Å². The van der Waals surface area contributed by atoms with E-state index in [0.29, 0.717) is 19.5 Å². The van der Waals surface area contributed by atoms with Crippen LogP contribution >= 0.6 is 0 Å². The zero-order valence-electron chi connectivity index (χ0n) is 20.1. The van der Waals surface area contributed by atoms with Crippen LogP contribution in [0.4, 0.5) is 4.79 Å². The summed E-state index contributed by atoms with van der Waals surface area (Å²) >= 11 is 0. The van der Waals surface area contributed by atoms with E-state index >= 15 is 0 Å². The summed E-state index contributed by atoms with van der Waals surface area (Å²) < 4.78 is 5.62. The first-order valence-corrected chi connectivity index (χ1v) is 12.5. The van der Waals surface area contributed by atoms with Crippen molar-refractivity contribution in [3.05, 3.63) is 59.7 Å². The highest BCUT2D eigenvalue weighted by Gasteiger charge is 2.60. The number of benzene rings is 2. The van der Waals surface area contributed by atoms with Crippen molar-refractivity contribution < 1.29 is 24.2 Å². The molecule has 0 radical (unpaired) electrons. The molecule has 3 aliphatic rings. The quantitative estimate of drug-likeness (QED) is 0.601. The highest BCUT2D eigenvalue weighted by atomic mass is 16.5. The van der Waals surface area contributed by atoms with Crippen molar-refractivity contribution in [1.82, 2.24) is 10.2 Å². The number of ether oxygens (including phenoxy) is 1. The first-order chi connectivity index (χ1) is 16.8. The van der Waals surface area contributed by atoms with Crippen LogP contribution in [0.25, 0.3) is 11.1 Å². The Hall–Kier alpha value is -3.35. The summed E-state index contributed by atoms with van der Waals surface area (Å²) in [6.07, 6.45) is 0.125. The molecule has 2 aromatic rings. The predicted octanol–water partition coefficient (Wildman–Crippen LogP) is 3.98. The summed E-state index contributed by atoms with van der Waals surface area (Å²) in [5.74, 6) is -0.996. The van der Waals surface area contributed by atoms with E-state index in [1.807, 2.05) is 24.3 Å². The third-order valence-electron chi connectivity index (χ3n) is 7.73. The highest BCUT2D eigenvalue weighted by molar-refractivity contribution is 5.82. The van der Waals surface area contributed by atoms with Crippen LogP contribution in [0.2, 0.25) is 0 Å². The molecular formula is C28H32N2O5. The van der Waals surface area contributed by atoms with Gasteiger partial charge in [0.2, 0.25) is 5.91 Å². The Labute approximate surface area is 205 Å². The van der Waals surface area contributed by atoms with Gasteiger partial charge < -0.3 is 20.1 Å². The van der Waals surface area contributed by atoms with Gasteiger partial charge in [-0.15, -0.1) is 0 Å². The van der Waals surface area contributed by atoms with Crippen molar-refractivity contribution in [1.29, 1.82) is 0 Å². The lowest BCUT2D eigenvalue weighted by molar-refractivity contribution is -0.141. The van der Waals surface area contributed by atoms with Crippen LogP contribution in [0, 0.1) is 29.6 Å². The van der Waals surface area contributed by atoms with Crippen LogP contribution in [-0.2, 0) is 14.3 Å². The molecule has 0 bridgehead atoms. The third kappa shape index (κ3) is 4.51. The maximum absolute atomic E-state index is 13.2. The van der Waals surface area contributed by atoms with Crippen molar-refractivity contribution in [3.63, 3.8) is 0 Å². The Morgan fingerprint density at radius 2 is 1.57 bits per heavy atom. The van der Waals surface area contributed by atoms with Gasteiger partial charge in [-0.25, -0.2) is 4.79 Å². The number of rotatable bonds is 8. The molecule has 0 aromatic heterocycles. The van der Waals surface area contributed by atoms with Gasteiger partial charge in [0.05, 0.1) is 11.8 Å². The molecule has 184 valence electrons. The van der Waals surface area contributed by atoms with E-state index in [1.54, 1.807) is 4.90 Å². The van der Waals surface area contributed by atoms with Gasteiger partial charge in [-0.05, 0) is 46.4 Å². The summed E-state index contributed by atoms with van der Waals surface area (Å²) in [6.45, 7) is 5.54. The van der Waals surface area contributed by atoms with Crippen LogP contribution in [0.3, 0.4) is 0 Å². The number of nitrogens with zero attached hydrogens (tertiary/aromatic N) is 1. The molecular weight excluding hydrogens is 444 g/mol.